The predicted octanol–water partition coefficient (Wildman–Crippen LogP) is 2.93. The van der Waals surface area contributed by atoms with Crippen LogP contribution in [0, 0.1) is 5.92 Å². The lowest BCUT2D eigenvalue weighted by molar-refractivity contribution is -0.126. The van der Waals surface area contributed by atoms with E-state index in [1.54, 1.807) is 0 Å². The second-order valence-corrected chi connectivity index (χ2v) is 7.37. The van der Waals surface area contributed by atoms with Crippen molar-refractivity contribution < 1.29 is 9.59 Å². The van der Waals surface area contributed by atoms with Crippen LogP contribution in [0.2, 0.25) is 5.02 Å². The van der Waals surface area contributed by atoms with E-state index in [4.69, 9.17) is 11.6 Å². The van der Waals surface area contributed by atoms with E-state index >= 15 is 0 Å². The Morgan fingerprint density at radius 1 is 1.04 bits per heavy atom. The molecule has 1 N–H and O–H groups in total. The van der Waals surface area contributed by atoms with Crippen LogP contribution >= 0.6 is 11.6 Å². The fourth-order valence-electron chi connectivity index (χ4n) is 3.60. The highest BCUT2D eigenvalue weighted by Gasteiger charge is 2.31. The lowest BCUT2D eigenvalue weighted by atomic mass is 9.97. The van der Waals surface area contributed by atoms with Crippen LogP contribution in [0.25, 0.3) is 0 Å². The highest BCUT2D eigenvalue weighted by Crippen LogP contribution is 2.20. The molecule has 2 fully saturated rings. The summed E-state index contributed by atoms with van der Waals surface area (Å²) < 4.78 is 0. The number of piperidine rings is 1. The normalized spacial score (nSPS) is 20.6. The third-order valence-corrected chi connectivity index (χ3v) is 5.32. The highest BCUT2D eigenvalue weighted by molar-refractivity contribution is 6.30. The number of hydrogen-bond donors (Lipinski definition) is 1. The Morgan fingerprint density at radius 2 is 1.72 bits per heavy atom. The van der Waals surface area contributed by atoms with Gasteiger partial charge >= 0.3 is 6.03 Å². The smallest absolute Gasteiger partial charge is 0.320 e. The van der Waals surface area contributed by atoms with Gasteiger partial charge in [0.2, 0.25) is 5.91 Å². The molecule has 0 aromatic heterocycles. The van der Waals surface area contributed by atoms with Crippen LogP contribution in [0.15, 0.2) is 24.3 Å². The number of urea groups is 1. The van der Waals surface area contributed by atoms with Gasteiger partial charge in [-0.05, 0) is 49.8 Å². The van der Waals surface area contributed by atoms with Gasteiger partial charge < -0.3 is 15.1 Å². The minimum Gasteiger partial charge on any atom is -0.355 e. The summed E-state index contributed by atoms with van der Waals surface area (Å²) in [5.41, 5.74) is 1.15. The molecular formula is C19H26ClN3O2. The van der Waals surface area contributed by atoms with Crippen molar-refractivity contribution in [2.45, 2.75) is 32.1 Å². The van der Waals surface area contributed by atoms with Crippen molar-refractivity contribution in [3.8, 4) is 0 Å². The van der Waals surface area contributed by atoms with Gasteiger partial charge in [-0.25, -0.2) is 4.79 Å². The molecule has 5 nitrogen and oxygen atoms in total. The maximum absolute atomic E-state index is 12.5. The van der Waals surface area contributed by atoms with Gasteiger partial charge in [-0.1, -0.05) is 23.7 Å². The molecule has 2 saturated heterocycles. The molecule has 6 heteroatoms. The van der Waals surface area contributed by atoms with E-state index in [0.29, 0.717) is 13.1 Å². The third-order valence-electron chi connectivity index (χ3n) is 5.07. The van der Waals surface area contributed by atoms with Crippen molar-refractivity contribution in [1.82, 2.24) is 15.1 Å². The molecule has 1 aromatic rings. The Bertz CT molecular complexity index is 599. The number of benzene rings is 1. The Labute approximate surface area is 154 Å². The average molecular weight is 364 g/mol. The first-order valence-corrected chi connectivity index (χ1v) is 9.57. The largest absolute Gasteiger partial charge is 0.355 e. The fraction of sp³-hybridized carbons (Fsp3) is 0.579. The number of likely N-dealkylation sites (tertiary alicyclic amines) is 2. The minimum absolute atomic E-state index is 0.0629. The molecule has 2 aliphatic heterocycles. The topological polar surface area (TPSA) is 52.7 Å². The van der Waals surface area contributed by atoms with E-state index < -0.39 is 0 Å². The zero-order valence-electron chi connectivity index (χ0n) is 14.5. The molecule has 0 unspecified atom stereocenters. The summed E-state index contributed by atoms with van der Waals surface area (Å²) in [5, 5.41) is 3.74. The van der Waals surface area contributed by atoms with Gasteiger partial charge in [0.05, 0.1) is 5.92 Å². The zero-order chi connectivity index (χ0) is 17.6. The number of carbonyl (C=O) groups is 2. The van der Waals surface area contributed by atoms with E-state index in [-0.39, 0.29) is 17.9 Å². The summed E-state index contributed by atoms with van der Waals surface area (Å²) in [6.45, 7) is 3.63. The van der Waals surface area contributed by atoms with Gasteiger partial charge in [-0.3, -0.25) is 4.79 Å². The Hall–Kier alpha value is -1.75. The minimum atomic E-state index is -0.0921. The molecule has 1 aromatic carbocycles. The van der Waals surface area contributed by atoms with Crippen molar-refractivity contribution in [3.63, 3.8) is 0 Å². The van der Waals surface area contributed by atoms with Crippen LogP contribution in [-0.2, 0) is 11.2 Å². The molecule has 0 radical (unpaired) electrons. The second kappa shape index (κ2) is 8.56. The molecule has 25 heavy (non-hydrogen) atoms. The van der Waals surface area contributed by atoms with Gasteiger partial charge in [-0.15, -0.1) is 0 Å². The predicted molar refractivity (Wildman–Crippen MR) is 98.7 cm³/mol. The van der Waals surface area contributed by atoms with Crippen LogP contribution in [0.3, 0.4) is 0 Å². The molecular weight excluding hydrogens is 338 g/mol. The molecule has 3 amide bonds. The first kappa shape index (κ1) is 18.1. The van der Waals surface area contributed by atoms with Gasteiger partial charge in [0.1, 0.15) is 0 Å². The van der Waals surface area contributed by atoms with E-state index in [0.717, 1.165) is 62.3 Å². The number of carbonyl (C=O) groups excluding carboxylic acids is 2. The van der Waals surface area contributed by atoms with Crippen LogP contribution in [-0.4, -0.2) is 54.5 Å². The molecule has 2 aliphatic rings. The number of rotatable bonds is 4. The Balaban J connectivity index is 1.44. The summed E-state index contributed by atoms with van der Waals surface area (Å²) in [6, 6.07) is 7.79. The summed E-state index contributed by atoms with van der Waals surface area (Å²) in [7, 11) is 0. The molecule has 136 valence electrons. The summed E-state index contributed by atoms with van der Waals surface area (Å²) in [6.07, 6.45) is 4.72. The van der Waals surface area contributed by atoms with Gasteiger partial charge in [0.15, 0.2) is 0 Å². The maximum atomic E-state index is 12.5. The molecule has 0 spiro atoms. The second-order valence-electron chi connectivity index (χ2n) is 6.93. The first-order valence-electron chi connectivity index (χ1n) is 9.19. The summed E-state index contributed by atoms with van der Waals surface area (Å²) in [4.78, 5) is 28.7. The molecule has 0 saturated carbocycles. The lowest BCUT2D eigenvalue weighted by Crippen LogP contribution is -2.49. The number of hydrogen-bond acceptors (Lipinski definition) is 2. The molecule has 2 heterocycles. The first-order chi connectivity index (χ1) is 12.1. The van der Waals surface area contributed by atoms with E-state index in [9.17, 15) is 9.59 Å². The number of halogens is 1. The van der Waals surface area contributed by atoms with Crippen molar-refractivity contribution in [1.29, 1.82) is 0 Å². The maximum Gasteiger partial charge on any atom is 0.320 e. The van der Waals surface area contributed by atoms with Crippen molar-refractivity contribution >= 4 is 23.5 Å². The van der Waals surface area contributed by atoms with E-state index in [1.807, 2.05) is 34.1 Å². The van der Waals surface area contributed by atoms with Crippen molar-refractivity contribution in [2.24, 2.45) is 5.92 Å². The Kier molecular flexibility index (Phi) is 6.19. The van der Waals surface area contributed by atoms with E-state index in [1.165, 1.54) is 0 Å². The van der Waals surface area contributed by atoms with Crippen LogP contribution in [0.1, 0.15) is 31.2 Å². The standard InChI is InChI=1S/C19H26ClN3O2/c20-17-7-5-15(6-8-17)9-10-21-18(24)16-4-3-13-23(14-16)19(25)22-11-1-2-12-22/h5-8,16H,1-4,9-14H2,(H,21,24)/t16-/m1/s1. The third kappa shape index (κ3) is 4.88. The van der Waals surface area contributed by atoms with Crippen molar-refractivity contribution in [2.75, 3.05) is 32.7 Å². The van der Waals surface area contributed by atoms with Crippen LogP contribution in [0.5, 0.6) is 0 Å². The average Bonchev–Trinajstić information content (AvgIpc) is 3.17. The lowest BCUT2D eigenvalue weighted by Gasteiger charge is -2.34. The molecule has 1 atom stereocenters. The summed E-state index contributed by atoms with van der Waals surface area (Å²) in [5.74, 6) is -0.0293. The Morgan fingerprint density at radius 3 is 2.44 bits per heavy atom. The van der Waals surface area contributed by atoms with Crippen molar-refractivity contribution in [3.05, 3.63) is 34.9 Å². The zero-order valence-corrected chi connectivity index (χ0v) is 15.3. The SMILES string of the molecule is O=C(NCCc1ccc(Cl)cc1)[C@@H]1CCCN(C(=O)N2CCCC2)C1. The number of nitrogens with zero attached hydrogens (tertiary/aromatic N) is 2. The number of nitrogens with one attached hydrogen (secondary N) is 1. The van der Waals surface area contributed by atoms with Crippen LogP contribution < -0.4 is 5.32 Å². The van der Waals surface area contributed by atoms with Gasteiger partial charge in [0.25, 0.3) is 0 Å². The molecule has 0 aliphatic carbocycles. The summed E-state index contributed by atoms with van der Waals surface area (Å²) >= 11 is 5.88. The van der Waals surface area contributed by atoms with E-state index in [2.05, 4.69) is 5.32 Å². The van der Waals surface area contributed by atoms with Gasteiger partial charge in [0, 0.05) is 37.7 Å². The molecule has 0 bridgehead atoms. The monoisotopic (exact) mass is 363 g/mol. The van der Waals surface area contributed by atoms with Gasteiger partial charge in [-0.2, -0.15) is 0 Å². The molecule has 3 rings (SSSR count). The van der Waals surface area contributed by atoms with Crippen LogP contribution in [0.4, 0.5) is 4.79 Å². The fourth-order valence-corrected chi connectivity index (χ4v) is 3.72. The quantitative estimate of drug-likeness (QED) is 0.894. The number of amides is 3. The highest BCUT2D eigenvalue weighted by atomic mass is 35.5.